The number of amides is 3. The van der Waals surface area contributed by atoms with Crippen LogP contribution in [0, 0.1) is 0 Å². The Balaban J connectivity index is 1.87. The molecule has 0 bridgehead atoms. The second kappa shape index (κ2) is 4.85. The number of nitrogens with one attached hydrogen (secondary N) is 2. The third-order valence-electron chi connectivity index (χ3n) is 3.67. The number of rotatable bonds is 6. The maximum absolute atomic E-state index is 12.1. The summed E-state index contributed by atoms with van der Waals surface area (Å²) in [5, 5.41) is 15.7. The molecule has 6 nitrogen and oxygen atoms in total. The van der Waals surface area contributed by atoms with Crippen molar-refractivity contribution in [3.05, 3.63) is 0 Å². The molecular weight excluding hydrogens is 234 g/mol. The first kappa shape index (κ1) is 13.3. The Bertz CT molecular complexity index is 356. The van der Waals surface area contributed by atoms with Crippen LogP contribution in [0.1, 0.15) is 33.1 Å². The molecule has 0 aromatic heterocycles. The molecule has 1 saturated carbocycles. The molecule has 0 aromatic rings. The van der Waals surface area contributed by atoms with Crippen molar-refractivity contribution in [3.63, 3.8) is 0 Å². The van der Waals surface area contributed by atoms with Crippen molar-refractivity contribution in [2.75, 3.05) is 13.1 Å². The highest BCUT2D eigenvalue weighted by Crippen LogP contribution is 2.21. The van der Waals surface area contributed by atoms with E-state index in [-0.39, 0.29) is 12.5 Å². The average molecular weight is 255 g/mol. The van der Waals surface area contributed by atoms with Crippen LogP contribution in [0.3, 0.4) is 0 Å². The number of aliphatic hydroxyl groups is 1. The summed E-state index contributed by atoms with van der Waals surface area (Å²) in [4.78, 5) is 24.9. The van der Waals surface area contributed by atoms with Crippen molar-refractivity contribution in [3.8, 4) is 0 Å². The van der Waals surface area contributed by atoms with Gasteiger partial charge in [-0.1, -0.05) is 6.92 Å². The van der Waals surface area contributed by atoms with Crippen molar-refractivity contribution >= 4 is 11.9 Å². The Morgan fingerprint density at radius 1 is 1.56 bits per heavy atom. The number of carbonyl (C=O) groups excluding carboxylic acids is 2. The molecule has 2 aliphatic rings. The molecule has 18 heavy (non-hydrogen) atoms. The maximum atomic E-state index is 12.1. The molecule has 0 spiro atoms. The first-order valence-corrected chi connectivity index (χ1v) is 6.52. The van der Waals surface area contributed by atoms with Gasteiger partial charge in [0.25, 0.3) is 5.91 Å². The molecular formula is C12H21N3O3. The van der Waals surface area contributed by atoms with Crippen LogP contribution in [0.5, 0.6) is 0 Å². The lowest BCUT2D eigenvalue weighted by Crippen LogP contribution is -2.45. The lowest BCUT2D eigenvalue weighted by atomic mass is 9.99. The fourth-order valence-electron chi connectivity index (χ4n) is 2.02. The highest BCUT2D eigenvalue weighted by Gasteiger charge is 2.46. The molecule has 0 radical (unpaired) electrons. The van der Waals surface area contributed by atoms with E-state index < -0.39 is 17.7 Å². The van der Waals surface area contributed by atoms with Crippen molar-refractivity contribution in [1.82, 2.24) is 15.5 Å². The van der Waals surface area contributed by atoms with E-state index in [1.54, 1.807) is 6.92 Å². The Labute approximate surface area is 107 Å². The van der Waals surface area contributed by atoms with Gasteiger partial charge in [0.1, 0.15) is 5.54 Å². The molecule has 6 heteroatoms. The zero-order valence-electron chi connectivity index (χ0n) is 10.9. The Kier molecular flexibility index (Phi) is 3.59. The number of β-amino-alcohol motifs (C(OH)–C–C–N with tert-alkyl or cyclic N) is 1. The first-order valence-electron chi connectivity index (χ1n) is 6.52. The Morgan fingerprint density at radius 2 is 2.22 bits per heavy atom. The van der Waals surface area contributed by atoms with Gasteiger partial charge in [-0.3, -0.25) is 9.69 Å². The smallest absolute Gasteiger partial charge is 0.325 e. The van der Waals surface area contributed by atoms with Gasteiger partial charge in [-0.15, -0.1) is 0 Å². The highest BCUT2D eigenvalue weighted by molar-refractivity contribution is 6.06. The summed E-state index contributed by atoms with van der Waals surface area (Å²) in [5.41, 5.74) is -0.819. The molecule has 1 aliphatic heterocycles. The summed E-state index contributed by atoms with van der Waals surface area (Å²) >= 11 is 0. The van der Waals surface area contributed by atoms with E-state index in [1.165, 1.54) is 0 Å². The number of carbonyl (C=O) groups is 2. The van der Waals surface area contributed by atoms with Crippen molar-refractivity contribution in [2.45, 2.75) is 50.8 Å². The topological polar surface area (TPSA) is 81.7 Å². The molecule has 1 saturated heterocycles. The number of imide groups is 1. The second-order valence-corrected chi connectivity index (χ2v) is 5.37. The molecule has 3 N–H and O–H groups in total. The van der Waals surface area contributed by atoms with Gasteiger partial charge in [0.05, 0.1) is 12.6 Å². The molecule has 2 fully saturated rings. The third-order valence-corrected chi connectivity index (χ3v) is 3.67. The summed E-state index contributed by atoms with van der Waals surface area (Å²) in [6, 6.07) is 0.0958. The molecule has 2 rings (SSSR count). The molecule has 3 amide bonds. The summed E-state index contributed by atoms with van der Waals surface area (Å²) in [6.07, 6.45) is 2.12. The van der Waals surface area contributed by atoms with E-state index in [4.69, 9.17) is 0 Å². The van der Waals surface area contributed by atoms with Crippen LogP contribution >= 0.6 is 0 Å². The summed E-state index contributed by atoms with van der Waals surface area (Å²) in [7, 11) is 0. The molecule has 1 aliphatic carbocycles. The van der Waals surface area contributed by atoms with Crippen LogP contribution in [-0.2, 0) is 4.79 Å². The largest absolute Gasteiger partial charge is 0.390 e. The van der Waals surface area contributed by atoms with Gasteiger partial charge in [0.15, 0.2) is 0 Å². The fraction of sp³-hybridized carbons (Fsp3) is 0.833. The van der Waals surface area contributed by atoms with E-state index >= 15 is 0 Å². The minimum Gasteiger partial charge on any atom is -0.390 e. The normalized spacial score (nSPS) is 29.6. The van der Waals surface area contributed by atoms with Gasteiger partial charge in [-0.05, 0) is 26.2 Å². The van der Waals surface area contributed by atoms with Crippen molar-refractivity contribution < 1.29 is 14.7 Å². The predicted octanol–water partition coefficient (Wildman–Crippen LogP) is -0.180. The van der Waals surface area contributed by atoms with Gasteiger partial charge in [0, 0.05) is 12.6 Å². The number of aliphatic hydroxyl groups excluding tert-OH is 1. The van der Waals surface area contributed by atoms with E-state index in [0.29, 0.717) is 19.0 Å². The predicted molar refractivity (Wildman–Crippen MR) is 66.0 cm³/mol. The van der Waals surface area contributed by atoms with Crippen LogP contribution in [0.4, 0.5) is 4.79 Å². The fourth-order valence-corrected chi connectivity index (χ4v) is 2.02. The van der Waals surface area contributed by atoms with Crippen LogP contribution in [-0.4, -0.2) is 52.7 Å². The van der Waals surface area contributed by atoms with E-state index in [0.717, 1.165) is 17.7 Å². The van der Waals surface area contributed by atoms with Gasteiger partial charge in [-0.25, -0.2) is 4.79 Å². The summed E-state index contributed by atoms with van der Waals surface area (Å²) < 4.78 is 0. The van der Waals surface area contributed by atoms with Crippen molar-refractivity contribution in [1.29, 1.82) is 0 Å². The first-order chi connectivity index (χ1) is 8.46. The van der Waals surface area contributed by atoms with Crippen LogP contribution < -0.4 is 10.6 Å². The molecule has 2 atom stereocenters. The second-order valence-electron chi connectivity index (χ2n) is 5.37. The van der Waals surface area contributed by atoms with Crippen LogP contribution in [0.15, 0.2) is 0 Å². The number of urea groups is 1. The number of nitrogens with zero attached hydrogens (tertiary/aromatic N) is 1. The zero-order valence-corrected chi connectivity index (χ0v) is 10.9. The standard InChI is InChI=1S/C12H21N3O3/c1-3-12(2)10(17)15(11(18)14-12)7-9(16)6-13-8-4-5-8/h8-9,13,16H,3-7H2,1-2H3,(H,14,18). The number of hydrogen-bond acceptors (Lipinski definition) is 4. The van der Waals surface area contributed by atoms with Gasteiger partial charge in [0.2, 0.25) is 0 Å². The highest BCUT2D eigenvalue weighted by atomic mass is 16.3. The Morgan fingerprint density at radius 3 is 2.72 bits per heavy atom. The van der Waals surface area contributed by atoms with E-state index in [2.05, 4.69) is 10.6 Å². The average Bonchev–Trinajstić information content (AvgIpc) is 3.12. The maximum Gasteiger partial charge on any atom is 0.325 e. The van der Waals surface area contributed by atoms with Crippen LogP contribution in [0.2, 0.25) is 0 Å². The zero-order chi connectivity index (χ0) is 13.3. The van der Waals surface area contributed by atoms with E-state index in [1.807, 2.05) is 6.92 Å². The molecule has 0 aromatic carbocycles. The Hall–Kier alpha value is -1.14. The summed E-state index contributed by atoms with van der Waals surface area (Å²) in [5.74, 6) is -0.250. The van der Waals surface area contributed by atoms with Crippen molar-refractivity contribution in [2.24, 2.45) is 0 Å². The van der Waals surface area contributed by atoms with Gasteiger partial charge < -0.3 is 15.7 Å². The lowest BCUT2D eigenvalue weighted by Gasteiger charge is -2.21. The quantitative estimate of drug-likeness (QED) is 0.575. The molecule has 102 valence electrons. The minimum absolute atomic E-state index is 0.0555. The monoisotopic (exact) mass is 255 g/mol. The van der Waals surface area contributed by atoms with Gasteiger partial charge >= 0.3 is 6.03 Å². The van der Waals surface area contributed by atoms with Crippen LogP contribution in [0.25, 0.3) is 0 Å². The SMILES string of the molecule is CCC1(C)NC(=O)N(CC(O)CNC2CC2)C1=O. The van der Waals surface area contributed by atoms with Gasteiger partial charge in [-0.2, -0.15) is 0 Å². The minimum atomic E-state index is -0.819. The number of hydrogen-bond donors (Lipinski definition) is 3. The molecule has 1 heterocycles. The lowest BCUT2D eigenvalue weighted by molar-refractivity contribution is -0.131. The third kappa shape index (κ3) is 2.64. The summed E-state index contributed by atoms with van der Waals surface area (Å²) in [6.45, 7) is 4.04. The molecule has 2 unspecified atom stereocenters. The van der Waals surface area contributed by atoms with E-state index in [9.17, 15) is 14.7 Å².